The third kappa shape index (κ3) is 4.51. The van der Waals surface area contributed by atoms with Gasteiger partial charge in [-0.1, -0.05) is 50.3 Å². The number of amides is 2. The molecule has 2 aromatic heterocycles. The van der Waals surface area contributed by atoms with Crippen molar-refractivity contribution in [3.05, 3.63) is 53.4 Å². The van der Waals surface area contributed by atoms with E-state index in [2.05, 4.69) is 5.32 Å². The van der Waals surface area contributed by atoms with Gasteiger partial charge in [-0.05, 0) is 39.7 Å². The Bertz CT molecular complexity index is 1250. The molecule has 3 aromatic rings. The Morgan fingerprint density at radius 3 is 2.61 bits per heavy atom. The van der Waals surface area contributed by atoms with E-state index in [9.17, 15) is 9.59 Å². The predicted molar refractivity (Wildman–Crippen MR) is 139 cm³/mol. The first-order valence-electron chi connectivity index (χ1n) is 13.3. The molecular weight excluding hydrogens is 454 g/mol. The van der Waals surface area contributed by atoms with E-state index in [0.29, 0.717) is 24.4 Å². The highest BCUT2D eigenvalue weighted by Gasteiger charge is 2.48. The molecular formula is C29H37N3O4. The van der Waals surface area contributed by atoms with Crippen LogP contribution in [-0.4, -0.2) is 39.5 Å². The first kappa shape index (κ1) is 24.5. The van der Waals surface area contributed by atoms with Gasteiger partial charge in [0.15, 0.2) is 5.58 Å². The summed E-state index contributed by atoms with van der Waals surface area (Å²) in [6.45, 7) is 6.92. The molecule has 3 heterocycles. The Morgan fingerprint density at radius 1 is 1.14 bits per heavy atom. The summed E-state index contributed by atoms with van der Waals surface area (Å²) in [7, 11) is 0. The van der Waals surface area contributed by atoms with Gasteiger partial charge in [-0.3, -0.25) is 9.59 Å². The van der Waals surface area contributed by atoms with Crippen molar-refractivity contribution in [1.82, 2.24) is 14.8 Å². The lowest BCUT2D eigenvalue weighted by Crippen LogP contribution is -2.64. The second-order valence-electron chi connectivity index (χ2n) is 10.4. The number of benzene rings is 1. The minimum absolute atomic E-state index is 0.0944. The Hall–Kier alpha value is -3.22. The lowest BCUT2D eigenvalue weighted by Gasteiger charge is -2.44. The number of hydrogen-bond acceptors (Lipinski definition) is 4. The maximum Gasteiger partial charge on any atom is 0.271 e. The summed E-state index contributed by atoms with van der Waals surface area (Å²) < 4.78 is 13.6. The standard InChI is InChI=1S/C29H37N3O4/c1-4-35-25-15-11-10-12-21(25)18-32-27(33)24-17-26-23(16-20(2)36-26)31(24)19-29(32,3)28(34)30-22-13-8-6-5-7-9-14-22/h10-12,15-17,22H,4-9,13-14,18-19H2,1-3H3,(H,30,34). The van der Waals surface area contributed by atoms with Crippen LogP contribution in [0.2, 0.25) is 0 Å². The van der Waals surface area contributed by atoms with Crippen molar-refractivity contribution in [1.29, 1.82) is 0 Å². The molecule has 2 aliphatic rings. The summed E-state index contributed by atoms with van der Waals surface area (Å²) in [4.78, 5) is 29.8. The van der Waals surface area contributed by atoms with Gasteiger partial charge in [0.2, 0.25) is 5.91 Å². The molecule has 1 aliphatic heterocycles. The topological polar surface area (TPSA) is 76.7 Å². The molecule has 1 N–H and O–H groups in total. The van der Waals surface area contributed by atoms with Crippen molar-refractivity contribution < 1.29 is 18.7 Å². The SMILES string of the molecule is CCOc1ccccc1CN1C(=O)c2cc3oc(C)cc3n2CC1(C)C(=O)NC1CCCCCCC1. The van der Waals surface area contributed by atoms with Gasteiger partial charge in [0, 0.05) is 23.7 Å². The van der Waals surface area contributed by atoms with Crippen LogP contribution < -0.4 is 10.1 Å². The predicted octanol–water partition coefficient (Wildman–Crippen LogP) is 5.59. The van der Waals surface area contributed by atoms with Gasteiger partial charge in [0.1, 0.15) is 22.7 Å². The third-order valence-corrected chi connectivity index (χ3v) is 7.77. The molecule has 0 bridgehead atoms. The first-order chi connectivity index (χ1) is 17.4. The maximum absolute atomic E-state index is 14.0. The van der Waals surface area contributed by atoms with Gasteiger partial charge in [-0.2, -0.15) is 0 Å². The zero-order chi connectivity index (χ0) is 25.3. The van der Waals surface area contributed by atoms with E-state index in [1.807, 2.05) is 55.7 Å². The molecule has 1 unspecified atom stereocenters. The molecule has 0 radical (unpaired) electrons. The number of carbonyl (C=O) groups excluding carboxylic acids is 2. The van der Waals surface area contributed by atoms with E-state index < -0.39 is 5.54 Å². The average Bonchev–Trinajstić information content (AvgIpc) is 3.36. The van der Waals surface area contributed by atoms with Crippen molar-refractivity contribution in [3.8, 4) is 5.75 Å². The van der Waals surface area contributed by atoms with Crippen LogP contribution >= 0.6 is 0 Å². The molecule has 0 spiro atoms. The van der Waals surface area contributed by atoms with E-state index in [1.54, 1.807) is 11.0 Å². The highest BCUT2D eigenvalue weighted by Crippen LogP contribution is 2.36. The number of rotatable bonds is 6. The van der Waals surface area contributed by atoms with Crippen molar-refractivity contribution in [2.45, 2.75) is 90.4 Å². The minimum atomic E-state index is -1.07. The zero-order valence-electron chi connectivity index (χ0n) is 21.6. The summed E-state index contributed by atoms with van der Waals surface area (Å²) in [6, 6.07) is 11.6. The summed E-state index contributed by atoms with van der Waals surface area (Å²) >= 11 is 0. The number of hydrogen-bond donors (Lipinski definition) is 1. The van der Waals surface area contributed by atoms with Crippen molar-refractivity contribution in [2.75, 3.05) is 6.61 Å². The van der Waals surface area contributed by atoms with Crippen LogP contribution in [0.5, 0.6) is 5.75 Å². The van der Waals surface area contributed by atoms with Gasteiger partial charge < -0.3 is 23.9 Å². The van der Waals surface area contributed by atoms with Gasteiger partial charge in [-0.25, -0.2) is 0 Å². The molecule has 1 saturated carbocycles. The van der Waals surface area contributed by atoms with Crippen LogP contribution in [0.1, 0.15) is 80.6 Å². The van der Waals surface area contributed by atoms with Crippen LogP contribution in [0.4, 0.5) is 0 Å². The monoisotopic (exact) mass is 491 g/mol. The molecule has 192 valence electrons. The second-order valence-corrected chi connectivity index (χ2v) is 10.4. The zero-order valence-corrected chi connectivity index (χ0v) is 21.6. The fourth-order valence-electron chi connectivity index (χ4n) is 5.75. The van der Waals surface area contributed by atoms with Gasteiger partial charge in [0.05, 0.1) is 25.2 Å². The molecule has 36 heavy (non-hydrogen) atoms. The number of carbonyl (C=O) groups is 2. The van der Waals surface area contributed by atoms with Crippen molar-refractivity contribution in [2.24, 2.45) is 0 Å². The Balaban J connectivity index is 1.52. The van der Waals surface area contributed by atoms with Crippen molar-refractivity contribution in [3.63, 3.8) is 0 Å². The average molecular weight is 492 g/mol. The number of aryl methyl sites for hydroxylation is 1. The molecule has 7 heteroatoms. The number of nitrogens with one attached hydrogen (secondary N) is 1. The number of furan rings is 1. The van der Waals surface area contributed by atoms with Crippen LogP contribution in [0.15, 0.2) is 40.8 Å². The Labute approximate surface area is 212 Å². The first-order valence-corrected chi connectivity index (χ1v) is 13.3. The lowest BCUT2D eigenvalue weighted by atomic mass is 9.91. The molecule has 0 saturated heterocycles. The van der Waals surface area contributed by atoms with E-state index in [-0.39, 0.29) is 24.4 Å². The number of fused-ring (bicyclic) bond motifs is 3. The van der Waals surface area contributed by atoms with Crippen LogP contribution in [0.25, 0.3) is 11.1 Å². The number of ether oxygens (including phenoxy) is 1. The highest BCUT2D eigenvalue weighted by atomic mass is 16.5. The number of nitrogens with zero attached hydrogens (tertiary/aromatic N) is 2. The van der Waals surface area contributed by atoms with Gasteiger partial charge in [-0.15, -0.1) is 0 Å². The third-order valence-electron chi connectivity index (χ3n) is 7.77. The quantitative estimate of drug-likeness (QED) is 0.488. The largest absolute Gasteiger partial charge is 0.494 e. The molecule has 1 aromatic carbocycles. The fraction of sp³-hybridized carbons (Fsp3) is 0.517. The van der Waals surface area contributed by atoms with E-state index in [4.69, 9.17) is 9.15 Å². The van der Waals surface area contributed by atoms with Gasteiger partial charge in [0.25, 0.3) is 5.91 Å². The second kappa shape index (κ2) is 10.0. The van der Waals surface area contributed by atoms with Crippen LogP contribution in [0.3, 0.4) is 0 Å². The molecule has 1 atom stereocenters. The van der Waals surface area contributed by atoms with E-state index in [0.717, 1.165) is 48.3 Å². The maximum atomic E-state index is 14.0. The summed E-state index contributed by atoms with van der Waals surface area (Å²) in [5.41, 5.74) is 1.90. The lowest BCUT2D eigenvalue weighted by molar-refractivity contribution is -0.134. The smallest absolute Gasteiger partial charge is 0.271 e. The minimum Gasteiger partial charge on any atom is -0.494 e. The molecule has 1 aliphatic carbocycles. The van der Waals surface area contributed by atoms with E-state index in [1.165, 1.54) is 19.3 Å². The molecule has 7 nitrogen and oxygen atoms in total. The molecule has 1 fully saturated rings. The normalized spacial score (nSPS) is 21.2. The van der Waals surface area contributed by atoms with Crippen LogP contribution in [-0.2, 0) is 17.9 Å². The summed E-state index contributed by atoms with van der Waals surface area (Å²) in [5.74, 6) is 1.26. The van der Waals surface area contributed by atoms with Gasteiger partial charge >= 0.3 is 0 Å². The molecule has 5 rings (SSSR count). The number of para-hydroxylation sites is 1. The fourth-order valence-corrected chi connectivity index (χ4v) is 5.75. The summed E-state index contributed by atoms with van der Waals surface area (Å²) in [6.07, 6.45) is 7.94. The van der Waals surface area contributed by atoms with Crippen LogP contribution in [0, 0.1) is 6.92 Å². The summed E-state index contributed by atoms with van der Waals surface area (Å²) in [5, 5.41) is 3.35. The Kier molecular flexibility index (Phi) is 6.82. The molecule has 2 amide bonds. The van der Waals surface area contributed by atoms with Crippen molar-refractivity contribution >= 4 is 22.9 Å². The Morgan fingerprint density at radius 2 is 1.86 bits per heavy atom. The number of aromatic nitrogens is 1. The highest BCUT2D eigenvalue weighted by molar-refractivity contribution is 6.03. The van der Waals surface area contributed by atoms with E-state index >= 15 is 0 Å².